The normalized spacial score (nSPS) is 12.9. The maximum atomic E-state index is 12.7. The second-order valence-electron chi connectivity index (χ2n) is 4.99. The standard InChI is InChI=1S/C15H13BrN4O3/c1-20(7-12-17-3-2-4-18-12)15(22)10-5-9(16)6-11-14(10)19-13(21)8-23-11/h2-6H,7-8H2,1H3,(H,19,21). The van der Waals surface area contributed by atoms with Crippen molar-refractivity contribution in [2.24, 2.45) is 0 Å². The molecule has 2 aromatic rings. The molecular formula is C15H13BrN4O3. The van der Waals surface area contributed by atoms with Crippen LogP contribution in [0.2, 0.25) is 0 Å². The molecule has 0 saturated carbocycles. The first-order chi connectivity index (χ1) is 11.0. The highest BCUT2D eigenvalue weighted by molar-refractivity contribution is 9.10. The molecule has 23 heavy (non-hydrogen) atoms. The fourth-order valence-electron chi connectivity index (χ4n) is 2.21. The van der Waals surface area contributed by atoms with Crippen molar-refractivity contribution in [3.63, 3.8) is 0 Å². The first-order valence-electron chi connectivity index (χ1n) is 6.82. The number of anilines is 1. The number of ether oxygens (including phenoxy) is 1. The zero-order chi connectivity index (χ0) is 16.4. The highest BCUT2D eigenvalue weighted by Crippen LogP contribution is 2.35. The summed E-state index contributed by atoms with van der Waals surface area (Å²) in [7, 11) is 1.65. The number of halogens is 1. The number of hydrogen-bond acceptors (Lipinski definition) is 5. The van der Waals surface area contributed by atoms with E-state index in [4.69, 9.17) is 4.74 Å². The van der Waals surface area contributed by atoms with Crippen LogP contribution in [0.15, 0.2) is 35.1 Å². The van der Waals surface area contributed by atoms with Crippen LogP contribution in [-0.4, -0.2) is 40.3 Å². The van der Waals surface area contributed by atoms with Crippen LogP contribution < -0.4 is 10.1 Å². The number of carbonyl (C=O) groups is 2. The van der Waals surface area contributed by atoms with Crippen LogP contribution in [0.25, 0.3) is 0 Å². The monoisotopic (exact) mass is 376 g/mol. The quantitative estimate of drug-likeness (QED) is 0.883. The van der Waals surface area contributed by atoms with Crippen LogP contribution in [0.4, 0.5) is 5.69 Å². The Hall–Kier alpha value is -2.48. The van der Waals surface area contributed by atoms with Gasteiger partial charge in [-0.05, 0) is 18.2 Å². The van der Waals surface area contributed by atoms with Crippen molar-refractivity contribution in [3.8, 4) is 5.75 Å². The van der Waals surface area contributed by atoms with Crippen molar-refractivity contribution in [3.05, 3.63) is 46.5 Å². The van der Waals surface area contributed by atoms with Gasteiger partial charge in [-0.1, -0.05) is 15.9 Å². The Morgan fingerprint density at radius 3 is 2.87 bits per heavy atom. The number of fused-ring (bicyclic) bond motifs is 1. The molecule has 2 amide bonds. The van der Waals surface area contributed by atoms with Gasteiger partial charge in [-0.25, -0.2) is 9.97 Å². The predicted molar refractivity (Wildman–Crippen MR) is 86.1 cm³/mol. The summed E-state index contributed by atoms with van der Waals surface area (Å²) >= 11 is 3.35. The zero-order valence-corrected chi connectivity index (χ0v) is 13.8. The summed E-state index contributed by atoms with van der Waals surface area (Å²) in [6, 6.07) is 5.08. The molecule has 1 aromatic heterocycles. The summed E-state index contributed by atoms with van der Waals surface area (Å²) in [5, 5.41) is 2.69. The third-order valence-electron chi connectivity index (χ3n) is 3.27. The number of nitrogens with zero attached hydrogens (tertiary/aromatic N) is 3. The summed E-state index contributed by atoms with van der Waals surface area (Å²) in [6.45, 7) is 0.195. The average molecular weight is 377 g/mol. The zero-order valence-electron chi connectivity index (χ0n) is 12.2. The molecule has 118 valence electrons. The number of carbonyl (C=O) groups excluding carboxylic acids is 2. The smallest absolute Gasteiger partial charge is 0.262 e. The van der Waals surface area contributed by atoms with Crippen molar-refractivity contribution >= 4 is 33.4 Å². The Labute approximate surface area is 140 Å². The Morgan fingerprint density at radius 1 is 1.39 bits per heavy atom. The van der Waals surface area contributed by atoms with Gasteiger partial charge in [-0.2, -0.15) is 0 Å². The largest absolute Gasteiger partial charge is 0.482 e. The summed E-state index contributed by atoms with van der Waals surface area (Å²) < 4.78 is 6.06. The third kappa shape index (κ3) is 3.31. The Bertz CT molecular complexity index is 767. The van der Waals surface area contributed by atoms with E-state index in [1.54, 1.807) is 37.6 Å². The van der Waals surface area contributed by atoms with Crippen LogP contribution >= 0.6 is 15.9 Å². The molecule has 8 heteroatoms. The van der Waals surface area contributed by atoms with Crippen molar-refractivity contribution in [2.75, 3.05) is 19.0 Å². The number of aromatic nitrogens is 2. The van der Waals surface area contributed by atoms with Crippen LogP contribution in [0.1, 0.15) is 16.2 Å². The van der Waals surface area contributed by atoms with E-state index in [0.29, 0.717) is 27.3 Å². The lowest BCUT2D eigenvalue weighted by Crippen LogP contribution is -2.31. The molecule has 1 aliphatic heterocycles. The molecule has 1 N–H and O–H groups in total. The van der Waals surface area contributed by atoms with E-state index in [0.717, 1.165) is 0 Å². The van der Waals surface area contributed by atoms with E-state index >= 15 is 0 Å². The Balaban J connectivity index is 1.90. The molecule has 0 saturated heterocycles. The molecule has 0 spiro atoms. The van der Waals surface area contributed by atoms with Gasteiger partial charge < -0.3 is 15.0 Å². The van der Waals surface area contributed by atoms with Crippen LogP contribution in [0.5, 0.6) is 5.75 Å². The predicted octanol–water partition coefficient (Wildman–Crippen LogP) is 1.84. The molecule has 3 rings (SSSR count). The highest BCUT2D eigenvalue weighted by atomic mass is 79.9. The molecule has 2 heterocycles. The number of benzene rings is 1. The molecule has 0 bridgehead atoms. The minimum Gasteiger partial charge on any atom is -0.482 e. The van der Waals surface area contributed by atoms with Crippen LogP contribution in [-0.2, 0) is 11.3 Å². The summed E-state index contributed by atoms with van der Waals surface area (Å²) in [5.74, 6) is 0.447. The molecule has 1 aromatic carbocycles. The fraction of sp³-hybridized carbons (Fsp3) is 0.200. The van der Waals surface area contributed by atoms with Gasteiger partial charge in [-0.15, -0.1) is 0 Å². The molecule has 0 aliphatic carbocycles. The fourth-order valence-corrected chi connectivity index (χ4v) is 2.65. The van der Waals surface area contributed by atoms with E-state index in [-0.39, 0.29) is 25.0 Å². The van der Waals surface area contributed by atoms with Crippen molar-refractivity contribution in [1.82, 2.24) is 14.9 Å². The first-order valence-corrected chi connectivity index (χ1v) is 7.61. The lowest BCUT2D eigenvalue weighted by molar-refractivity contribution is -0.118. The molecule has 0 atom stereocenters. The number of hydrogen-bond donors (Lipinski definition) is 1. The minimum atomic E-state index is -0.289. The molecule has 0 unspecified atom stereocenters. The molecule has 1 aliphatic rings. The number of amides is 2. The summed E-state index contributed by atoms with van der Waals surface area (Å²) in [5.41, 5.74) is 0.733. The van der Waals surface area contributed by atoms with Gasteiger partial charge in [0.2, 0.25) is 0 Å². The van der Waals surface area contributed by atoms with E-state index in [2.05, 4.69) is 31.2 Å². The molecule has 7 nitrogen and oxygen atoms in total. The minimum absolute atomic E-state index is 0.0647. The van der Waals surface area contributed by atoms with Crippen molar-refractivity contribution < 1.29 is 14.3 Å². The number of rotatable bonds is 3. The summed E-state index contributed by atoms with van der Waals surface area (Å²) in [4.78, 5) is 34.0. The lowest BCUT2D eigenvalue weighted by Gasteiger charge is -2.23. The van der Waals surface area contributed by atoms with Crippen LogP contribution in [0, 0.1) is 0 Å². The Morgan fingerprint density at radius 2 is 2.13 bits per heavy atom. The van der Waals surface area contributed by atoms with Gasteiger partial charge in [0.25, 0.3) is 11.8 Å². The second-order valence-corrected chi connectivity index (χ2v) is 5.91. The topological polar surface area (TPSA) is 84.4 Å². The van der Waals surface area contributed by atoms with E-state index in [9.17, 15) is 9.59 Å². The van der Waals surface area contributed by atoms with Crippen molar-refractivity contribution in [1.29, 1.82) is 0 Å². The van der Waals surface area contributed by atoms with Gasteiger partial charge in [-0.3, -0.25) is 9.59 Å². The van der Waals surface area contributed by atoms with Crippen LogP contribution in [0.3, 0.4) is 0 Å². The third-order valence-corrected chi connectivity index (χ3v) is 3.72. The first kappa shape index (κ1) is 15.4. The van der Waals surface area contributed by atoms with E-state index in [1.807, 2.05) is 0 Å². The van der Waals surface area contributed by atoms with Gasteiger partial charge in [0.15, 0.2) is 6.61 Å². The van der Waals surface area contributed by atoms with Gasteiger partial charge in [0.1, 0.15) is 11.6 Å². The molecule has 0 fully saturated rings. The number of nitrogens with one attached hydrogen (secondary N) is 1. The lowest BCUT2D eigenvalue weighted by atomic mass is 10.1. The molecule has 0 radical (unpaired) electrons. The van der Waals surface area contributed by atoms with Crippen molar-refractivity contribution in [2.45, 2.75) is 6.54 Å². The molecular weight excluding hydrogens is 364 g/mol. The van der Waals surface area contributed by atoms with E-state index in [1.165, 1.54) is 4.90 Å². The average Bonchev–Trinajstić information content (AvgIpc) is 2.54. The van der Waals surface area contributed by atoms with Gasteiger partial charge in [0, 0.05) is 23.9 Å². The second kappa shape index (κ2) is 6.33. The Kier molecular flexibility index (Phi) is 4.24. The van der Waals surface area contributed by atoms with Gasteiger partial charge >= 0.3 is 0 Å². The van der Waals surface area contributed by atoms with E-state index < -0.39 is 0 Å². The maximum Gasteiger partial charge on any atom is 0.262 e. The SMILES string of the molecule is CN(Cc1ncccn1)C(=O)c1cc(Br)cc2c1NC(=O)CO2. The summed E-state index contributed by atoms with van der Waals surface area (Å²) in [6.07, 6.45) is 3.24. The highest BCUT2D eigenvalue weighted by Gasteiger charge is 2.25. The maximum absolute atomic E-state index is 12.7. The van der Waals surface area contributed by atoms with Gasteiger partial charge in [0.05, 0.1) is 17.8 Å².